The molecule has 0 aliphatic heterocycles. The number of carbonyl (C=O) groups excluding carboxylic acids is 1. The van der Waals surface area contributed by atoms with Crippen LogP contribution in [0.3, 0.4) is 0 Å². The first kappa shape index (κ1) is 14.7. The molecule has 0 spiro atoms. The van der Waals surface area contributed by atoms with E-state index in [0.717, 1.165) is 5.56 Å². The zero-order valence-corrected chi connectivity index (χ0v) is 11.5. The van der Waals surface area contributed by atoms with Gasteiger partial charge in [-0.05, 0) is 31.0 Å². The second kappa shape index (κ2) is 7.16. The average molecular weight is 269 g/mol. The molecule has 18 heavy (non-hydrogen) atoms. The highest BCUT2D eigenvalue weighted by Crippen LogP contribution is 2.11. The van der Waals surface area contributed by atoms with Gasteiger partial charge in [0.15, 0.2) is 0 Å². The Hall–Kier alpha value is -1.36. The minimum absolute atomic E-state index is 0.0127. The summed E-state index contributed by atoms with van der Waals surface area (Å²) >= 11 is 0. The molecule has 2 atom stereocenters. The van der Waals surface area contributed by atoms with Crippen LogP contribution < -0.4 is 5.32 Å². The first-order chi connectivity index (χ1) is 8.47. The molecule has 0 heterocycles. The van der Waals surface area contributed by atoms with E-state index >= 15 is 0 Å². The molecule has 0 aliphatic rings. The maximum atomic E-state index is 11.7. The molecule has 1 aromatic carbocycles. The molecule has 0 aromatic heterocycles. The van der Waals surface area contributed by atoms with Gasteiger partial charge in [-0.25, -0.2) is 0 Å². The Balaban J connectivity index is 2.39. The molecule has 5 heteroatoms. The number of rotatable bonds is 6. The van der Waals surface area contributed by atoms with Crippen LogP contribution in [0.1, 0.15) is 18.9 Å². The Morgan fingerprint density at radius 2 is 2.22 bits per heavy atom. The molecular weight excluding hydrogens is 250 g/mol. The maximum absolute atomic E-state index is 11.7. The lowest BCUT2D eigenvalue weighted by Gasteiger charge is -2.13. The normalized spacial score (nSPS) is 13.9. The molecule has 1 aromatic rings. The van der Waals surface area contributed by atoms with E-state index in [0.29, 0.717) is 12.2 Å². The summed E-state index contributed by atoms with van der Waals surface area (Å²) in [5.74, 6) is 0.665. The lowest BCUT2D eigenvalue weighted by atomic mass is 10.1. The van der Waals surface area contributed by atoms with E-state index < -0.39 is 10.8 Å². The molecule has 0 aliphatic carbocycles. The molecule has 0 bridgehead atoms. The minimum Gasteiger partial charge on any atom is -0.508 e. The summed E-state index contributed by atoms with van der Waals surface area (Å²) in [5.41, 5.74) is 0.777. The highest BCUT2D eigenvalue weighted by atomic mass is 32.2. The van der Waals surface area contributed by atoms with Crippen molar-refractivity contribution in [3.63, 3.8) is 0 Å². The first-order valence-electron chi connectivity index (χ1n) is 5.84. The van der Waals surface area contributed by atoms with Gasteiger partial charge in [0, 0.05) is 28.9 Å². The quantitative estimate of drug-likeness (QED) is 0.815. The summed E-state index contributed by atoms with van der Waals surface area (Å²) in [6.45, 7) is 1.90. The molecule has 0 saturated heterocycles. The van der Waals surface area contributed by atoms with E-state index in [2.05, 4.69) is 5.32 Å². The van der Waals surface area contributed by atoms with E-state index in [1.807, 2.05) is 6.92 Å². The summed E-state index contributed by atoms with van der Waals surface area (Å²) in [7, 11) is -0.826. The molecule has 0 saturated carbocycles. The van der Waals surface area contributed by atoms with Crippen LogP contribution >= 0.6 is 0 Å². The molecule has 1 rings (SSSR count). The van der Waals surface area contributed by atoms with Gasteiger partial charge in [0.2, 0.25) is 5.91 Å². The Labute approximate surface area is 110 Å². The van der Waals surface area contributed by atoms with Crippen molar-refractivity contribution >= 4 is 16.7 Å². The number of phenols is 1. The molecule has 2 unspecified atom stereocenters. The molecule has 1 amide bonds. The summed E-state index contributed by atoms with van der Waals surface area (Å²) in [5, 5.41) is 12.1. The van der Waals surface area contributed by atoms with Crippen molar-refractivity contribution in [1.82, 2.24) is 5.32 Å². The van der Waals surface area contributed by atoms with Crippen LogP contribution in [0, 0.1) is 0 Å². The fourth-order valence-electron chi connectivity index (χ4n) is 1.59. The van der Waals surface area contributed by atoms with Crippen molar-refractivity contribution in [2.45, 2.75) is 25.8 Å². The number of hydrogen-bond donors (Lipinski definition) is 2. The molecule has 4 nitrogen and oxygen atoms in total. The summed E-state index contributed by atoms with van der Waals surface area (Å²) in [4.78, 5) is 11.7. The van der Waals surface area contributed by atoms with Crippen molar-refractivity contribution in [3.8, 4) is 5.75 Å². The van der Waals surface area contributed by atoms with Crippen LogP contribution in [0.4, 0.5) is 0 Å². The largest absolute Gasteiger partial charge is 0.508 e. The van der Waals surface area contributed by atoms with E-state index in [9.17, 15) is 14.1 Å². The number of phenolic OH excluding ortho intramolecular Hbond substituents is 1. The summed E-state index contributed by atoms with van der Waals surface area (Å²) in [6.07, 6.45) is 2.60. The van der Waals surface area contributed by atoms with Gasteiger partial charge in [0.05, 0.1) is 6.42 Å². The topological polar surface area (TPSA) is 66.4 Å². The van der Waals surface area contributed by atoms with Crippen LogP contribution in [0.5, 0.6) is 5.75 Å². The fourth-order valence-corrected chi connectivity index (χ4v) is 2.28. The Kier molecular flexibility index (Phi) is 5.85. The third-order valence-electron chi connectivity index (χ3n) is 2.52. The lowest BCUT2D eigenvalue weighted by molar-refractivity contribution is -0.121. The van der Waals surface area contributed by atoms with Crippen LogP contribution in [-0.4, -0.2) is 33.3 Å². The van der Waals surface area contributed by atoms with Gasteiger partial charge in [0.25, 0.3) is 0 Å². The Morgan fingerprint density at radius 3 is 2.83 bits per heavy atom. The van der Waals surface area contributed by atoms with Gasteiger partial charge in [-0.3, -0.25) is 9.00 Å². The predicted octanol–water partition coefficient (Wildman–Crippen LogP) is 1.21. The second-order valence-corrected chi connectivity index (χ2v) is 5.94. The number of benzene rings is 1. The number of nitrogens with one attached hydrogen (secondary N) is 1. The van der Waals surface area contributed by atoms with E-state index in [1.54, 1.807) is 30.5 Å². The van der Waals surface area contributed by atoms with Crippen LogP contribution in [-0.2, 0) is 22.0 Å². The van der Waals surface area contributed by atoms with Crippen LogP contribution in [0.15, 0.2) is 24.3 Å². The summed E-state index contributed by atoms with van der Waals surface area (Å²) in [6, 6.07) is 6.66. The first-order valence-corrected chi connectivity index (χ1v) is 7.57. The monoisotopic (exact) mass is 269 g/mol. The van der Waals surface area contributed by atoms with Gasteiger partial charge in [-0.2, -0.15) is 0 Å². The second-order valence-electron chi connectivity index (χ2n) is 4.38. The zero-order chi connectivity index (χ0) is 13.5. The van der Waals surface area contributed by atoms with Gasteiger partial charge < -0.3 is 10.4 Å². The fraction of sp³-hybridized carbons (Fsp3) is 0.462. The van der Waals surface area contributed by atoms with Crippen molar-refractivity contribution in [2.75, 3.05) is 12.0 Å². The van der Waals surface area contributed by atoms with Gasteiger partial charge in [0.1, 0.15) is 5.75 Å². The van der Waals surface area contributed by atoms with Gasteiger partial charge in [-0.15, -0.1) is 0 Å². The highest BCUT2D eigenvalue weighted by Gasteiger charge is 2.09. The van der Waals surface area contributed by atoms with E-state index in [-0.39, 0.29) is 24.1 Å². The van der Waals surface area contributed by atoms with Crippen molar-refractivity contribution < 1.29 is 14.1 Å². The standard InChI is InChI=1S/C13H19NO3S/c1-10(6-7-18(2)17)14-13(16)9-11-4-3-5-12(15)8-11/h3-5,8,10,15H,6-7,9H2,1-2H3,(H,14,16). The molecule has 2 N–H and O–H groups in total. The van der Waals surface area contributed by atoms with Crippen molar-refractivity contribution in [1.29, 1.82) is 0 Å². The van der Waals surface area contributed by atoms with Crippen LogP contribution in [0.2, 0.25) is 0 Å². The highest BCUT2D eigenvalue weighted by molar-refractivity contribution is 7.84. The number of carbonyl (C=O) groups is 1. The van der Waals surface area contributed by atoms with Crippen molar-refractivity contribution in [3.05, 3.63) is 29.8 Å². The molecule has 0 radical (unpaired) electrons. The lowest BCUT2D eigenvalue weighted by Crippen LogP contribution is -2.34. The number of aromatic hydroxyl groups is 1. The number of amides is 1. The zero-order valence-electron chi connectivity index (χ0n) is 10.7. The summed E-state index contributed by atoms with van der Waals surface area (Å²) < 4.78 is 10.9. The number of hydrogen-bond acceptors (Lipinski definition) is 3. The average Bonchev–Trinajstić information content (AvgIpc) is 2.26. The van der Waals surface area contributed by atoms with Gasteiger partial charge in [-0.1, -0.05) is 12.1 Å². The van der Waals surface area contributed by atoms with Gasteiger partial charge >= 0.3 is 0 Å². The smallest absolute Gasteiger partial charge is 0.224 e. The van der Waals surface area contributed by atoms with E-state index in [4.69, 9.17) is 0 Å². The SMILES string of the molecule is CC(CCS(C)=O)NC(=O)Cc1cccc(O)c1. The molecule has 0 fully saturated rings. The third kappa shape index (κ3) is 5.82. The Morgan fingerprint density at radius 1 is 1.50 bits per heavy atom. The molecule has 100 valence electrons. The van der Waals surface area contributed by atoms with Crippen molar-refractivity contribution in [2.24, 2.45) is 0 Å². The van der Waals surface area contributed by atoms with Crippen LogP contribution in [0.25, 0.3) is 0 Å². The van der Waals surface area contributed by atoms with E-state index in [1.165, 1.54) is 0 Å². The molecular formula is C13H19NO3S. The minimum atomic E-state index is -0.826. The Bertz CT molecular complexity index is 434. The predicted molar refractivity (Wildman–Crippen MR) is 73.0 cm³/mol. The third-order valence-corrected chi connectivity index (χ3v) is 3.33. The maximum Gasteiger partial charge on any atom is 0.224 e.